The summed E-state index contributed by atoms with van der Waals surface area (Å²) < 4.78 is 32.9. The molecule has 1 amide bonds. The summed E-state index contributed by atoms with van der Waals surface area (Å²) in [5.74, 6) is 1.52. The Bertz CT molecular complexity index is 1300. The Hall–Kier alpha value is -3.39. The van der Waals surface area contributed by atoms with Crippen LogP contribution in [-0.4, -0.2) is 54.7 Å². The number of amides is 1. The minimum atomic E-state index is -0.385. The maximum Gasteiger partial charge on any atom is 0.262 e. The molecule has 0 aliphatic carbocycles. The number of hydrogen-bond donors (Lipinski definition) is 1. The lowest BCUT2D eigenvalue weighted by molar-refractivity contribution is -0.118. The van der Waals surface area contributed by atoms with Crippen LogP contribution < -0.4 is 19.5 Å². The molecule has 3 aliphatic heterocycles. The van der Waals surface area contributed by atoms with E-state index in [1.54, 1.807) is 12.1 Å². The molecule has 2 atom stereocenters. The lowest BCUT2D eigenvalue weighted by Gasteiger charge is -2.36. The summed E-state index contributed by atoms with van der Waals surface area (Å²) in [6, 6.07) is 11.5. The molecule has 7 nitrogen and oxygen atoms in total. The number of anilines is 1. The molecule has 0 bridgehead atoms. The van der Waals surface area contributed by atoms with Gasteiger partial charge in [-0.3, -0.25) is 14.7 Å². The topological polar surface area (TPSA) is 72.9 Å². The highest BCUT2D eigenvalue weighted by Crippen LogP contribution is 2.39. The van der Waals surface area contributed by atoms with E-state index in [1.807, 2.05) is 31.2 Å². The minimum Gasteiger partial charge on any atom is -0.486 e. The second-order valence-electron chi connectivity index (χ2n) is 9.68. The Balaban J connectivity index is 0.00000267. The number of carbonyl (C=O) groups excluding carboxylic acids is 1. The fraction of sp³-hybridized carbons (Fsp3) is 0.407. The molecule has 0 spiro atoms. The molecular weight excluding hydrogens is 449 g/mol. The number of benzene rings is 2. The fourth-order valence-electron chi connectivity index (χ4n) is 5.36. The molecule has 3 aromatic rings. The number of hydrogen-bond acceptors (Lipinski definition) is 6. The number of aromatic nitrogens is 1. The van der Waals surface area contributed by atoms with Crippen LogP contribution in [0.2, 0.25) is 0 Å². The van der Waals surface area contributed by atoms with Crippen molar-refractivity contribution in [3.05, 3.63) is 53.5 Å². The van der Waals surface area contributed by atoms with Crippen molar-refractivity contribution in [3.8, 4) is 17.2 Å². The van der Waals surface area contributed by atoms with Gasteiger partial charge in [0.1, 0.15) is 24.1 Å². The number of nitrogens with one attached hydrogen (secondary N) is 1. The average Bonchev–Trinajstić information content (AvgIpc) is 2.86. The summed E-state index contributed by atoms with van der Waals surface area (Å²) in [4.78, 5) is 18.6. The SMILES string of the molecule is Cc1ccc2c3c(ccc2n1)OCC(CN1CCCC(Cc2ccc4c(c2F)NC(=O)CO4)C1)O3.[HH]. The molecule has 1 fully saturated rings. The number of pyridine rings is 1. The summed E-state index contributed by atoms with van der Waals surface area (Å²) in [6.45, 7) is 5.00. The number of aryl methyl sites for hydroxylation is 1. The van der Waals surface area contributed by atoms with E-state index in [4.69, 9.17) is 14.2 Å². The second kappa shape index (κ2) is 9.00. The zero-order valence-electron chi connectivity index (χ0n) is 19.7. The maximum atomic E-state index is 15.1. The van der Waals surface area contributed by atoms with Gasteiger partial charge in [-0.15, -0.1) is 0 Å². The van der Waals surface area contributed by atoms with Gasteiger partial charge in [0.2, 0.25) is 0 Å². The smallest absolute Gasteiger partial charge is 0.262 e. The van der Waals surface area contributed by atoms with Crippen molar-refractivity contribution in [1.82, 2.24) is 9.88 Å². The highest BCUT2D eigenvalue weighted by atomic mass is 19.1. The number of halogens is 1. The van der Waals surface area contributed by atoms with E-state index in [0.29, 0.717) is 30.3 Å². The van der Waals surface area contributed by atoms with E-state index in [-0.39, 0.29) is 31.5 Å². The number of rotatable bonds is 4. The quantitative estimate of drug-likeness (QED) is 0.600. The summed E-state index contributed by atoms with van der Waals surface area (Å²) in [6.07, 6.45) is 2.62. The lowest BCUT2D eigenvalue weighted by Crippen LogP contribution is -2.45. The van der Waals surface area contributed by atoms with Crippen LogP contribution in [0.4, 0.5) is 10.1 Å². The molecule has 184 valence electrons. The first-order chi connectivity index (χ1) is 17.0. The first kappa shape index (κ1) is 22.1. The first-order valence-corrected chi connectivity index (χ1v) is 12.2. The molecule has 2 aromatic carbocycles. The van der Waals surface area contributed by atoms with Gasteiger partial charge >= 0.3 is 0 Å². The van der Waals surface area contributed by atoms with E-state index in [0.717, 1.165) is 60.6 Å². The van der Waals surface area contributed by atoms with Gasteiger partial charge in [0, 0.05) is 25.6 Å². The zero-order valence-corrected chi connectivity index (χ0v) is 19.7. The number of piperidine rings is 1. The third kappa shape index (κ3) is 4.38. The van der Waals surface area contributed by atoms with Crippen molar-refractivity contribution < 1.29 is 24.8 Å². The summed E-state index contributed by atoms with van der Waals surface area (Å²) in [5.41, 5.74) is 2.65. The molecule has 6 rings (SSSR count). The van der Waals surface area contributed by atoms with Crippen LogP contribution in [0.1, 0.15) is 25.5 Å². The van der Waals surface area contributed by atoms with Gasteiger partial charge in [0.05, 0.1) is 5.52 Å². The van der Waals surface area contributed by atoms with Crippen molar-refractivity contribution in [2.24, 2.45) is 5.92 Å². The molecule has 8 heteroatoms. The zero-order chi connectivity index (χ0) is 23.9. The first-order valence-electron chi connectivity index (χ1n) is 12.2. The largest absolute Gasteiger partial charge is 0.486 e. The average molecular weight is 480 g/mol. The van der Waals surface area contributed by atoms with Gasteiger partial charge in [-0.2, -0.15) is 0 Å². The van der Waals surface area contributed by atoms with E-state index in [1.165, 1.54) is 0 Å². The van der Waals surface area contributed by atoms with Crippen LogP contribution in [0.5, 0.6) is 17.2 Å². The Morgan fingerprint density at radius 2 is 2.06 bits per heavy atom. The lowest BCUT2D eigenvalue weighted by atomic mass is 9.90. The van der Waals surface area contributed by atoms with Crippen molar-refractivity contribution in [2.45, 2.75) is 32.3 Å². The van der Waals surface area contributed by atoms with Crippen LogP contribution in [0.15, 0.2) is 36.4 Å². The van der Waals surface area contributed by atoms with E-state index >= 15 is 4.39 Å². The Kier molecular flexibility index (Phi) is 5.68. The molecule has 1 N–H and O–H groups in total. The monoisotopic (exact) mass is 479 g/mol. The molecule has 2 unspecified atom stereocenters. The summed E-state index contributed by atoms with van der Waals surface area (Å²) >= 11 is 0. The van der Waals surface area contributed by atoms with Gasteiger partial charge < -0.3 is 19.5 Å². The predicted molar refractivity (Wildman–Crippen MR) is 132 cm³/mol. The molecule has 1 aromatic heterocycles. The van der Waals surface area contributed by atoms with E-state index < -0.39 is 0 Å². The maximum absolute atomic E-state index is 15.1. The molecule has 35 heavy (non-hydrogen) atoms. The predicted octanol–water partition coefficient (Wildman–Crippen LogP) is 4.35. The van der Waals surface area contributed by atoms with Gasteiger partial charge in [0.25, 0.3) is 5.91 Å². The number of likely N-dealkylation sites (tertiary alicyclic amines) is 1. The van der Waals surface area contributed by atoms with Crippen LogP contribution in [0.3, 0.4) is 0 Å². The molecule has 4 heterocycles. The molecule has 0 saturated carbocycles. The minimum absolute atomic E-state index is 0. The highest BCUT2D eigenvalue weighted by Gasteiger charge is 2.29. The molecule has 3 aliphatic rings. The molecule has 0 radical (unpaired) electrons. The summed E-state index contributed by atoms with van der Waals surface area (Å²) in [5, 5.41) is 3.57. The van der Waals surface area contributed by atoms with Crippen LogP contribution in [-0.2, 0) is 11.2 Å². The van der Waals surface area contributed by atoms with Crippen LogP contribution >= 0.6 is 0 Å². The van der Waals surface area contributed by atoms with Gasteiger partial charge in [0.15, 0.2) is 23.9 Å². The summed E-state index contributed by atoms with van der Waals surface area (Å²) in [7, 11) is 0. The third-order valence-corrected chi connectivity index (χ3v) is 7.01. The van der Waals surface area contributed by atoms with E-state index in [2.05, 4.69) is 15.2 Å². The molecular formula is C27H30FN3O4. The number of fused-ring (bicyclic) bond motifs is 4. The van der Waals surface area contributed by atoms with E-state index in [9.17, 15) is 4.79 Å². The Labute approximate surface area is 204 Å². The van der Waals surface area contributed by atoms with Crippen molar-refractivity contribution >= 4 is 22.5 Å². The second-order valence-corrected chi connectivity index (χ2v) is 9.68. The van der Waals surface area contributed by atoms with Crippen LogP contribution in [0.25, 0.3) is 10.9 Å². The Morgan fingerprint density at radius 3 is 2.97 bits per heavy atom. The third-order valence-electron chi connectivity index (χ3n) is 7.01. The van der Waals surface area contributed by atoms with Crippen molar-refractivity contribution in [3.63, 3.8) is 0 Å². The van der Waals surface area contributed by atoms with Gasteiger partial charge in [-0.25, -0.2) is 4.39 Å². The number of ether oxygens (including phenoxy) is 3. The Morgan fingerprint density at radius 1 is 1.17 bits per heavy atom. The normalized spacial score (nSPS) is 21.8. The highest BCUT2D eigenvalue weighted by molar-refractivity contribution is 5.95. The van der Waals surface area contributed by atoms with Crippen molar-refractivity contribution in [1.29, 1.82) is 0 Å². The fourth-order valence-corrected chi connectivity index (χ4v) is 5.36. The molecule has 1 saturated heterocycles. The van der Waals surface area contributed by atoms with Gasteiger partial charge in [-0.05, 0) is 74.5 Å². The standard InChI is InChI=1S/C27H28FN3O4.H2/c1-16-4-6-20-21(29-16)7-9-23-27(20)35-19(14-33-23)13-31-10-2-3-17(12-31)11-18-5-8-22-26(25(18)28)30-24(32)15-34-22;/h4-9,17,19H,2-3,10-15H2,1H3,(H,30,32);1H. The van der Waals surface area contributed by atoms with Crippen molar-refractivity contribution in [2.75, 3.05) is 38.2 Å². The van der Waals surface area contributed by atoms with Crippen LogP contribution in [0, 0.1) is 18.7 Å². The van der Waals surface area contributed by atoms with Gasteiger partial charge in [-0.1, -0.05) is 6.07 Å². The number of nitrogens with zero attached hydrogens (tertiary/aromatic N) is 2. The number of carbonyl (C=O) groups is 1.